The zero-order valence-electron chi connectivity index (χ0n) is 11.1. The normalized spacial score (nSPS) is 10.8. The minimum atomic E-state index is 0.392. The molecular weight excluding hydrogens is 226 g/mol. The molecule has 18 heavy (non-hydrogen) atoms. The summed E-state index contributed by atoms with van der Waals surface area (Å²) in [7, 11) is 1.91. The van der Waals surface area contributed by atoms with Crippen LogP contribution in [0.15, 0.2) is 24.4 Å². The highest BCUT2D eigenvalue weighted by Crippen LogP contribution is 2.22. The van der Waals surface area contributed by atoms with E-state index in [2.05, 4.69) is 10.4 Å². The third-order valence-corrected chi connectivity index (χ3v) is 2.95. The van der Waals surface area contributed by atoms with Gasteiger partial charge in [-0.05, 0) is 36.6 Å². The number of hydrogen-bond acceptors (Lipinski definition) is 3. The maximum Gasteiger partial charge on any atom is 0.121 e. The standard InChI is InChI=1S/C14H19N3O/c1-10-6-12(7-11(2)14(10)18)8-15-9-13-4-5-17(3)16-13/h4-7,15,18H,8-9H2,1-3H3. The number of nitrogens with one attached hydrogen (secondary N) is 1. The number of hydrogen-bond donors (Lipinski definition) is 2. The average molecular weight is 245 g/mol. The zero-order chi connectivity index (χ0) is 13.1. The van der Waals surface area contributed by atoms with Gasteiger partial charge in [-0.15, -0.1) is 0 Å². The van der Waals surface area contributed by atoms with Gasteiger partial charge in [0.1, 0.15) is 5.75 Å². The summed E-state index contributed by atoms with van der Waals surface area (Å²) in [5.41, 5.74) is 4.05. The molecule has 0 radical (unpaired) electrons. The molecule has 1 aromatic heterocycles. The molecule has 4 heteroatoms. The Hall–Kier alpha value is -1.81. The van der Waals surface area contributed by atoms with Gasteiger partial charge in [-0.25, -0.2) is 0 Å². The van der Waals surface area contributed by atoms with Crippen LogP contribution < -0.4 is 5.32 Å². The summed E-state index contributed by atoms with van der Waals surface area (Å²) >= 11 is 0. The second-order valence-electron chi connectivity index (χ2n) is 4.66. The lowest BCUT2D eigenvalue weighted by Crippen LogP contribution is -2.13. The van der Waals surface area contributed by atoms with Crippen molar-refractivity contribution in [2.24, 2.45) is 7.05 Å². The van der Waals surface area contributed by atoms with Gasteiger partial charge < -0.3 is 10.4 Å². The number of rotatable bonds is 4. The van der Waals surface area contributed by atoms with Crippen molar-refractivity contribution in [1.82, 2.24) is 15.1 Å². The summed E-state index contributed by atoms with van der Waals surface area (Å²) in [5, 5.41) is 17.4. The number of nitrogens with zero attached hydrogens (tertiary/aromatic N) is 2. The average Bonchev–Trinajstić information content (AvgIpc) is 2.72. The monoisotopic (exact) mass is 245 g/mol. The number of aromatic nitrogens is 2. The molecule has 0 aliphatic heterocycles. The first-order valence-corrected chi connectivity index (χ1v) is 6.04. The van der Waals surface area contributed by atoms with Gasteiger partial charge in [0, 0.05) is 26.3 Å². The Kier molecular flexibility index (Phi) is 3.67. The SMILES string of the molecule is Cc1cc(CNCc2ccn(C)n2)cc(C)c1O. The fourth-order valence-electron chi connectivity index (χ4n) is 2.04. The molecule has 0 saturated carbocycles. The number of aryl methyl sites for hydroxylation is 3. The van der Waals surface area contributed by atoms with Crippen LogP contribution in [-0.2, 0) is 20.1 Å². The van der Waals surface area contributed by atoms with Crippen molar-refractivity contribution in [3.8, 4) is 5.75 Å². The summed E-state index contributed by atoms with van der Waals surface area (Å²) in [5.74, 6) is 0.392. The first-order chi connectivity index (χ1) is 8.56. The predicted octanol–water partition coefficient (Wildman–Crippen LogP) is 2.03. The van der Waals surface area contributed by atoms with Gasteiger partial charge in [0.2, 0.25) is 0 Å². The highest BCUT2D eigenvalue weighted by molar-refractivity contribution is 5.42. The van der Waals surface area contributed by atoms with Crippen molar-refractivity contribution in [3.05, 3.63) is 46.8 Å². The molecule has 4 nitrogen and oxygen atoms in total. The van der Waals surface area contributed by atoms with Gasteiger partial charge in [-0.1, -0.05) is 12.1 Å². The second kappa shape index (κ2) is 5.23. The van der Waals surface area contributed by atoms with Crippen LogP contribution in [0.2, 0.25) is 0 Å². The van der Waals surface area contributed by atoms with E-state index in [-0.39, 0.29) is 0 Å². The molecular formula is C14H19N3O. The molecule has 0 spiro atoms. The van der Waals surface area contributed by atoms with Crippen LogP contribution >= 0.6 is 0 Å². The highest BCUT2D eigenvalue weighted by atomic mass is 16.3. The Morgan fingerprint density at radius 2 is 1.89 bits per heavy atom. The summed E-state index contributed by atoms with van der Waals surface area (Å²) in [6.07, 6.45) is 1.94. The molecule has 0 aliphatic rings. The maximum absolute atomic E-state index is 9.70. The van der Waals surface area contributed by atoms with Crippen LogP contribution in [0.3, 0.4) is 0 Å². The number of phenolic OH excluding ortho intramolecular Hbond substituents is 1. The van der Waals surface area contributed by atoms with Crippen LogP contribution in [-0.4, -0.2) is 14.9 Å². The van der Waals surface area contributed by atoms with Gasteiger partial charge in [-0.3, -0.25) is 4.68 Å². The molecule has 1 aromatic carbocycles. The van der Waals surface area contributed by atoms with E-state index in [4.69, 9.17) is 0 Å². The van der Waals surface area contributed by atoms with Crippen molar-refractivity contribution in [1.29, 1.82) is 0 Å². The van der Waals surface area contributed by atoms with Crippen LogP contribution in [0.5, 0.6) is 5.75 Å². The first-order valence-electron chi connectivity index (χ1n) is 6.04. The van der Waals surface area contributed by atoms with Gasteiger partial charge in [-0.2, -0.15) is 5.10 Å². The van der Waals surface area contributed by atoms with Crippen LogP contribution in [0, 0.1) is 13.8 Å². The molecule has 2 N–H and O–H groups in total. The Balaban J connectivity index is 1.94. The number of phenols is 1. The lowest BCUT2D eigenvalue weighted by Gasteiger charge is -2.08. The van der Waals surface area contributed by atoms with Crippen molar-refractivity contribution >= 4 is 0 Å². The predicted molar refractivity (Wildman–Crippen MR) is 71.3 cm³/mol. The smallest absolute Gasteiger partial charge is 0.121 e. The Morgan fingerprint density at radius 1 is 1.22 bits per heavy atom. The van der Waals surface area contributed by atoms with E-state index in [1.54, 1.807) is 4.68 Å². The second-order valence-corrected chi connectivity index (χ2v) is 4.66. The third-order valence-electron chi connectivity index (χ3n) is 2.95. The van der Waals surface area contributed by atoms with E-state index in [0.29, 0.717) is 5.75 Å². The summed E-state index contributed by atoms with van der Waals surface area (Å²) in [4.78, 5) is 0. The van der Waals surface area contributed by atoms with Crippen LogP contribution in [0.25, 0.3) is 0 Å². The van der Waals surface area contributed by atoms with Crippen LogP contribution in [0.1, 0.15) is 22.4 Å². The number of aromatic hydroxyl groups is 1. The van der Waals surface area contributed by atoms with Gasteiger partial charge in [0.25, 0.3) is 0 Å². The van der Waals surface area contributed by atoms with Gasteiger partial charge >= 0.3 is 0 Å². The largest absolute Gasteiger partial charge is 0.507 e. The van der Waals surface area contributed by atoms with E-state index in [0.717, 1.165) is 29.9 Å². The molecule has 0 amide bonds. The molecule has 96 valence electrons. The van der Waals surface area contributed by atoms with Crippen molar-refractivity contribution in [2.45, 2.75) is 26.9 Å². The zero-order valence-corrected chi connectivity index (χ0v) is 11.1. The molecule has 2 rings (SSSR count). The Labute approximate surface area is 107 Å². The van der Waals surface area contributed by atoms with Gasteiger partial charge in [0.15, 0.2) is 0 Å². The molecule has 0 atom stereocenters. The molecule has 1 heterocycles. The first kappa shape index (κ1) is 12.6. The summed E-state index contributed by atoms with van der Waals surface area (Å²) < 4.78 is 1.80. The maximum atomic E-state index is 9.70. The summed E-state index contributed by atoms with van der Waals surface area (Å²) in [6, 6.07) is 6.02. The molecule has 2 aromatic rings. The van der Waals surface area contributed by atoms with E-state index < -0.39 is 0 Å². The minimum absolute atomic E-state index is 0.392. The van der Waals surface area contributed by atoms with E-state index in [1.807, 2.05) is 45.3 Å². The quantitative estimate of drug-likeness (QED) is 0.866. The Bertz CT molecular complexity index is 523. The van der Waals surface area contributed by atoms with Crippen molar-refractivity contribution < 1.29 is 5.11 Å². The lowest BCUT2D eigenvalue weighted by atomic mass is 10.1. The Morgan fingerprint density at radius 3 is 2.44 bits per heavy atom. The minimum Gasteiger partial charge on any atom is -0.507 e. The van der Waals surface area contributed by atoms with Crippen molar-refractivity contribution in [3.63, 3.8) is 0 Å². The number of benzene rings is 1. The topological polar surface area (TPSA) is 50.1 Å². The molecule has 0 saturated heterocycles. The molecule has 0 aliphatic carbocycles. The van der Waals surface area contributed by atoms with Crippen molar-refractivity contribution in [2.75, 3.05) is 0 Å². The fraction of sp³-hybridized carbons (Fsp3) is 0.357. The van der Waals surface area contributed by atoms with E-state index in [9.17, 15) is 5.11 Å². The third kappa shape index (κ3) is 2.90. The van der Waals surface area contributed by atoms with E-state index in [1.165, 1.54) is 5.56 Å². The summed E-state index contributed by atoms with van der Waals surface area (Å²) in [6.45, 7) is 5.37. The van der Waals surface area contributed by atoms with Gasteiger partial charge in [0.05, 0.1) is 5.69 Å². The lowest BCUT2D eigenvalue weighted by molar-refractivity contribution is 0.466. The molecule has 0 bridgehead atoms. The molecule has 0 unspecified atom stereocenters. The fourth-order valence-corrected chi connectivity index (χ4v) is 2.04. The van der Waals surface area contributed by atoms with Crippen LogP contribution in [0.4, 0.5) is 0 Å². The molecule has 0 fully saturated rings. The highest BCUT2D eigenvalue weighted by Gasteiger charge is 2.03. The van der Waals surface area contributed by atoms with E-state index >= 15 is 0 Å².